The SMILES string of the molecule is COC(=O)CS(=O)(=O)NCC(C)C#N. The number of methoxy groups -OCH3 is 1. The number of rotatable bonds is 5. The van der Waals surface area contributed by atoms with Crippen molar-refractivity contribution in [2.75, 3.05) is 19.4 Å². The minimum Gasteiger partial charge on any atom is -0.468 e. The van der Waals surface area contributed by atoms with Gasteiger partial charge in [0.25, 0.3) is 0 Å². The number of esters is 1. The van der Waals surface area contributed by atoms with Crippen LogP contribution in [-0.2, 0) is 19.6 Å². The number of nitrogens with one attached hydrogen (secondary N) is 1. The van der Waals surface area contributed by atoms with Gasteiger partial charge < -0.3 is 4.74 Å². The van der Waals surface area contributed by atoms with E-state index >= 15 is 0 Å². The van der Waals surface area contributed by atoms with E-state index in [1.807, 2.05) is 6.07 Å². The highest BCUT2D eigenvalue weighted by Gasteiger charge is 2.17. The first-order valence-electron chi connectivity index (χ1n) is 3.85. The molecular formula is C7H12N2O4S. The average molecular weight is 220 g/mol. The quantitative estimate of drug-likeness (QED) is 0.614. The topological polar surface area (TPSA) is 96.3 Å². The Morgan fingerprint density at radius 3 is 2.64 bits per heavy atom. The standard InChI is InChI=1S/C7H12N2O4S/c1-6(3-8)4-9-14(11,12)5-7(10)13-2/h6,9H,4-5H2,1-2H3. The molecule has 0 heterocycles. The number of ether oxygens (including phenoxy) is 1. The van der Waals surface area contributed by atoms with Crippen molar-refractivity contribution in [1.29, 1.82) is 5.26 Å². The molecule has 1 N–H and O–H groups in total. The van der Waals surface area contributed by atoms with E-state index in [-0.39, 0.29) is 6.54 Å². The zero-order valence-corrected chi connectivity index (χ0v) is 8.80. The van der Waals surface area contributed by atoms with E-state index in [9.17, 15) is 13.2 Å². The van der Waals surface area contributed by atoms with Gasteiger partial charge in [0.2, 0.25) is 10.0 Å². The molecule has 0 aromatic carbocycles. The maximum absolute atomic E-state index is 11.1. The van der Waals surface area contributed by atoms with Crippen molar-refractivity contribution in [3.8, 4) is 6.07 Å². The molecule has 7 heteroatoms. The fraction of sp³-hybridized carbons (Fsp3) is 0.714. The van der Waals surface area contributed by atoms with Gasteiger partial charge in [-0.1, -0.05) is 0 Å². The third-order valence-electron chi connectivity index (χ3n) is 1.37. The maximum atomic E-state index is 11.1. The van der Waals surface area contributed by atoms with Crippen LogP contribution >= 0.6 is 0 Å². The molecule has 0 bridgehead atoms. The number of nitrogens with zero attached hydrogens (tertiary/aromatic N) is 1. The van der Waals surface area contributed by atoms with Gasteiger partial charge >= 0.3 is 5.97 Å². The molecule has 0 fully saturated rings. The Morgan fingerprint density at radius 1 is 1.64 bits per heavy atom. The second-order valence-corrected chi connectivity index (χ2v) is 4.52. The first-order chi connectivity index (χ1) is 6.41. The van der Waals surface area contributed by atoms with Gasteiger partial charge in [-0.25, -0.2) is 13.1 Å². The molecule has 1 atom stereocenters. The van der Waals surface area contributed by atoms with Crippen molar-refractivity contribution in [3.05, 3.63) is 0 Å². The van der Waals surface area contributed by atoms with Crippen molar-refractivity contribution in [2.45, 2.75) is 6.92 Å². The Kier molecular flexibility index (Phi) is 5.12. The molecule has 14 heavy (non-hydrogen) atoms. The summed E-state index contributed by atoms with van der Waals surface area (Å²) in [6, 6.07) is 1.86. The second kappa shape index (κ2) is 5.57. The summed E-state index contributed by atoms with van der Waals surface area (Å²) in [7, 11) is -2.57. The Bertz CT molecular complexity index is 330. The molecule has 80 valence electrons. The van der Waals surface area contributed by atoms with E-state index < -0.39 is 27.7 Å². The number of nitriles is 1. The molecule has 0 saturated carbocycles. The zero-order chi connectivity index (χ0) is 11.2. The Hall–Kier alpha value is -1.13. The van der Waals surface area contributed by atoms with Crippen LogP contribution in [0.4, 0.5) is 0 Å². The molecule has 6 nitrogen and oxygen atoms in total. The minimum absolute atomic E-state index is 0.00414. The van der Waals surface area contributed by atoms with Gasteiger partial charge in [0.1, 0.15) is 0 Å². The van der Waals surface area contributed by atoms with Gasteiger partial charge in [-0.3, -0.25) is 4.79 Å². The summed E-state index contributed by atoms with van der Waals surface area (Å²) in [5, 5.41) is 8.38. The van der Waals surface area contributed by atoms with Crippen LogP contribution in [0.25, 0.3) is 0 Å². The lowest BCUT2D eigenvalue weighted by molar-refractivity contribution is -0.137. The molecule has 0 aliphatic carbocycles. The third kappa shape index (κ3) is 5.50. The highest BCUT2D eigenvalue weighted by atomic mass is 32.2. The van der Waals surface area contributed by atoms with Crippen molar-refractivity contribution >= 4 is 16.0 Å². The molecule has 0 rings (SSSR count). The normalized spacial score (nSPS) is 12.9. The number of carbonyl (C=O) groups is 1. The van der Waals surface area contributed by atoms with Crippen LogP contribution in [-0.4, -0.2) is 33.8 Å². The molecule has 0 amide bonds. The van der Waals surface area contributed by atoms with E-state index in [1.54, 1.807) is 6.92 Å². The van der Waals surface area contributed by atoms with Crippen LogP contribution in [0.2, 0.25) is 0 Å². The van der Waals surface area contributed by atoms with Gasteiger partial charge in [-0.2, -0.15) is 5.26 Å². The van der Waals surface area contributed by atoms with Crippen molar-refractivity contribution in [1.82, 2.24) is 4.72 Å². The van der Waals surface area contributed by atoms with Crippen LogP contribution in [0.1, 0.15) is 6.92 Å². The molecule has 0 aliphatic rings. The zero-order valence-electron chi connectivity index (χ0n) is 7.98. The molecule has 0 aromatic heterocycles. The van der Waals surface area contributed by atoms with E-state index in [2.05, 4.69) is 9.46 Å². The Labute approximate surface area is 82.9 Å². The summed E-state index contributed by atoms with van der Waals surface area (Å²) in [6.45, 7) is 1.57. The van der Waals surface area contributed by atoms with Crippen LogP contribution in [0, 0.1) is 17.2 Å². The highest BCUT2D eigenvalue weighted by Crippen LogP contribution is 1.92. The highest BCUT2D eigenvalue weighted by molar-refractivity contribution is 7.90. The number of hydrogen-bond donors (Lipinski definition) is 1. The van der Waals surface area contributed by atoms with Gasteiger partial charge in [0, 0.05) is 6.54 Å². The van der Waals surface area contributed by atoms with Crippen molar-refractivity contribution < 1.29 is 17.9 Å². The summed E-state index contributed by atoms with van der Waals surface area (Å²) >= 11 is 0. The van der Waals surface area contributed by atoms with E-state index in [4.69, 9.17) is 5.26 Å². The first kappa shape index (κ1) is 12.9. The third-order valence-corrected chi connectivity index (χ3v) is 2.59. The Morgan fingerprint density at radius 2 is 2.21 bits per heavy atom. The minimum atomic E-state index is -3.67. The largest absolute Gasteiger partial charge is 0.468 e. The molecule has 0 radical (unpaired) electrons. The lowest BCUT2D eigenvalue weighted by Crippen LogP contribution is -2.33. The van der Waals surface area contributed by atoms with Crippen LogP contribution < -0.4 is 4.72 Å². The molecular weight excluding hydrogens is 208 g/mol. The maximum Gasteiger partial charge on any atom is 0.322 e. The Balaban J connectivity index is 4.11. The van der Waals surface area contributed by atoms with E-state index in [1.165, 1.54) is 0 Å². The molecule has 0 saturated heterocycles. The summed E-state index contributed by atoms with van der Waals surface area (Å²) in [6.07, 6.45) is 0. The molecule has 1 unspecified atom stereocenters. The second-order valence-electron chi connectivity index (χ2n) is 2.71. The van der Waals surface area contributed by atoms with E-state index in [0.717, 1.165) is 7.11 Å². The van der Waals surface area contributed by atoms with Crippen LogP contribution in [0.5, 0.6) is 0 Å². The van der Waals surface area contributed by atoms with Crippen molar-refractivity contribution in [2.24, 2.45) is 5.92 Å². The summed E-state index contributed by atoms with van der Waals surface area (Å²) < 4.78 is 28.5. The van der Waals surface area contributed by atoms with Gasteiger partial charge in [0.05, 0.1) is 19.1 Å². The predicted octanol–water partition coefficient (Wildman–Crippen LogP) is -0.762. The van der Waals surface area contributed by atoms with Gasteiger partial charge in [-0.05, 0) is 6.92 Å². The summed E-state index contributed by atoms with van der Waals surface area (Å²) in [5.41, 5.74) is 0. The number of carbonyl (C=O) groups excluding carboxylic acids is 1. The summed E-state index contributed by atoms with van der Waals surface area (Å²) in [4.78, 5) is 10.6. The molecule has 0 aromatic rings. The van der Waals surface area contributed by atoms with Crippen LogP contribution in [0.15, 0.2) is 0 Å². The van der Waals surface area contributed by atoms with Gasteiger partial charge in [-0.15, -0.1) is 0 Å². The predicted molar refractivity (Wildman–Crippen MR) is 48.6 cm³/mol. The molecule has 0 spiro atoms. The van der Waals surface area contributed by atoms with E-state index in [0.29, 0.717) is 0 Å². The average Bonchev–Trinajstić information content (AvgIpc) is 2.13. The summed E-state index contributed by atoms with van der Waals surface area (Å²) in [5.74, 6) is -1.98. The van der Waals surface area contributed by atoms with Crippen LogP contribution in [0.3, 0.4) is 0 Å². The van der Waals surface area contributed by atoms with Gasteiger partial charge in [0.15, 0.2) is 5.75 Å². The smallest absolute Gasteiger partial charge is 0.322 e. The first-order valence-corrected chi connectivity index (χ1v) is 5.50. The fourth-order valence-electron chi connectivity index (χ4n) is 0.563. The van der Waals surface area contributed by atoms with Crippen molar-refractivity contribution in [3.63, 3.8) is 0 Å². The number of hydrogen-bond acceptors (Lipinski definition) is 5. The fourth-order valence-corrected chi connectivity index (χ4v) is 1.60. The number of sulfonamides is 1. The lowest BCUT2D eigenvalue weighted by Gasteiger charge is -2.05. The monoisotopic (exact) mass is 220 g/mol. The molecule has 0 aliphatic heterocycles. The lowest BCUT2D eigenvalue weighted by atomic mass is 10.2.